The summed E-state index contributed by atoms with van der Waals surface area (Å²) in [5.74, 6) is -0.400. The Labute approximate surface area is 106 Å². The minimum absolute atomic E-state index is 0.336. The highest BCUT2D eigenvalue weighted by Crippen LogP contribution is 2.09. The Morgan fingerprint density at radius 3 is 2.28 bits per heavy atom. The van der Waals surface area contributed by atoms with E-state index in [0.29, 0.717) is 0 Å². The third-order valence-corrected chi connectivity index (χ3v) is 1.71. The Bertz CT molecular complexity index is 375. The predicted molar refractivity (Wildman–Crippen MR) is 63.2 cm³/mol. The van der Waals surface area contributed by atoms with Gasteiger partial charge in [-0.05, 0) is 26.7 Å². The van der Waals surface area contributed by atoms with Crippen LogP contribution in [0.3, 0.4) is 0 Å². The molecule has 0 aliphatic carbocycles. The van der Waals surface area contributed by atoms with Crippen LogP contribution in [0.2, 0.25) is 0 Å². The number of rotatable bonds is 4. The normalized spacial score (nSPS) is 11.9. The Morgan fingerprint density at radius 1 is 1.33 bits per heavy atom. The molecule has 18 heavy (non-hydrogen) atoms. The lowest BCUT2D eigenvalue weighted by Gasteiger charge is -2.21. The zero-order chi connectivity index (χ0) is 14.3. The van der Waals surface area contributed by atoms with Crippen molar-refractivity contribution in [2.45, 2.75) is 38.8 Å². The van der Waals surface area contributed by atoms with Crippen LogP contribution in [0.5, 0.6) is 0 Å². The van der Waals surface area contributed by atoms with E-state index >= 15 is 0 Å². The van der Waals surface area contributed by atoms with Gasteiger partial charge in [-0.25, -0.2) is 4.79 Å². The van der Waals surface area contributed by atoms with Crippen molar-refractivity contribution in [2.24, 2.45) is 0 Å². The Morgan fingerprint density at radius 2 is 1.89 bits per heavy atom. The van der Waals surface area contributed by atoms with Gasteiger partial charge in [-0.15, -0.1) is 6.42 Å². The molecule has 0 radical (unpaired) electrons. The molecule has 0 aromatic carbocycles. The van der Waals surface area contributed by atoms with E-state index in [0.717, 1.165) is 7.11 Å². The first kappa shape index (κ1) is 16.0. The molecule has 0 fully saturated rings. The van der Waals surface area contributed by atoms with Crippen molar-refractivity contribution in [3.63, 3.8) is 0 Å². The Kier molecular flexibility index (Phi) is 5.89. The quantitative estimate of drug-likeness (QED) is 0.565. The number of terminal acetylenes is 1. The zero-order valence-corrected chi connectivity index (χ0v) is 10.9. The second kappa shape index (κ2) is 6.64. The third-order valence-electron chi connectivity index (χ3n) is 1.71. The van der Waals surface area contributed by atoms with Crippen molar-refractivity contribution in [3.8, 4) is 12.3 Å². The minimum atomic E-state index is -1.15. The molecule has 0 bridgehead atoms. The summed E-state index contributed by atoms with van der Waals surface area (Å²) in [4.78, 5) is 33.9. The molecule has 1 atom stereocenters. The van der Waals surface area contributed by atoms with Crippen LogP contribution < -0.4 is 5.32 Å². The van der Waals surface area contributed by atoms with Gasteiger partial charge in [-0.3, -0.25) is 9.59 Å². The van der Waals surface area contributed by atoms with Crippen molar-refractivity contribution in [1.29, 1.82) is 0 Å². The van der Waals surface area contributed by atoms with Crippen LogP contribution >= 0.6 is 0 Å². The van der Waals surface area contributed by atoms with Crippen molar-refractivity contribution < 1.29 is 23.9 Å². The molecule has 6 nitrogen and oxygen atoms in total. The van der Waals surface area contributed by atoms with E-state index in [1.807, 2.05) is 0 Å². The van der Waals surface area contributed by atoms with Crippen LogP contribution in [0.15, 0.2) is 0 Å². The first-order valence-corrected chi connectivity index (χ1v) is 5.26. The van der Waals surface area contributed by atoms with Gasteiger partial charge in [0.2, 0.25) is 0 Å². The molecule has 0 saturated carbocycles. The number of hydrogen-bond donors (Lipinski definition) is 1. The van der Waals surface area contributed by atoms with Crippen molar-refractivity contribution in [1.82, 2.24) is 5.32 Å². The Hall–Kier alpha value is -2.03. The maximum atomic E-state index is 11.5. The van der Waals surface area contributed by atoms with Gasteiger partial charge in [-0.1, -0.05) is 0 Å². The third kappa shape index (κ3) is 6.53. The van der Waals surface area contributed by atoms with Crippen LogP contribution in [0.4, 0.5) is 0 Å². The second-order valence-corrected chi connectivity index (χ2v) is 4.48. The largest absolute Gasteiger partial charge is 0.467 e. The number of methoxy groups -OCH3 is 1. The summed E-state index contributed by atoms with van der Waals surface area (Å²) in [5.41, 5.74) is -0.673. The molecule has 0 saturated heterocycles. The highest BCUT2D eigenvalue weighted by molar-refractivity contribution is 5.96. The van der Waals surface area contributed by atoms with Crippen molar-refractivity contribution >= 4 is 17.8 Å². The highest BCUT2D eigenvalue weighted by Gasteiger charge is 2.27. The van der Waals surface area contributed by atoms with Gasteiger partial charge in [0.15, 0.2) is 0 Å². The summed E-state index contributed by atoms with van der Waals surface area (Å²) >= 11 is 0. The zero-order valence-electron chi connectivity index (χ0n) is 10.9. The molecule has 1 amide bonds. The van der Waals surface area contributed by atoms with E-state index in [2.05, 4.69) is 10.1 Å². The lowest BCUT2D eigenvalue weighted by molar-refractivity contribution is -0.159. The fraction of sp³-hybridized carbons (Fsp3) is 0.583. The number of ether oxygens (including phenoxy) is 2. The topological polar surface area (TPSA) is 81.7 Å². The second-order valence-electron chi connectivity index (χ2n) is 4.48. The standard InChI is InChI=1S/C12H17NO5/c1-6-9(14)13-8(11(16)17-5)7-10(15)18-12(2,3)4/h1,8H,7H2,2-5H3,(H,13,14)/t8-/m0/s1. The summed E-state index contributed by atoms with van der Waals surface area (Å²) in [6.07, 6.45) is 4.53. The summed E-state index contributed by atoms with van der Waals surface area (Å²) < 4.78 is 9.49. The maximum absolute atomic E-state index is 11.5. The van der Waals surface area contributed by atoms with Gasteiger partial charge >= 0.3 is 11.9 Å². The number of nitrogens with one attached hydrogen (secondary N) is 1. The molecule has 0 aliphatic heterocycles. The lowest BCUT2D eigenvalue weighted by atomic mass is 10.1. The Balaban J connectivity index is 4.61. The van der Waals surface area contributed by atoms with Gasteiger partial charge in [0.25, 0.3) is 5.91 Å². The average molecular weight is 255 g/mol. The summed E-state index contributed by atoms with van der Waals surface area (Å²) in [6.45, 7) is 5.08. The van der Waals surface area contributed by atoms with E-state index in [9.17, 15) is 14.4 Å². The van der Waals surface area contributed by atoms with E-state index in [4.69, 9.17) is 11.2 Å². The lowest BCUT2D eigenvalue weighted by Crippen LogP contribution is -2.43. The van der Waals surface area contributed by atoms with Gasteiger partial charge in [0, 0.05) is 0 Å². The van der Waals surface area contributed by atoms with Gasteiger partial charge in [0.05, 0.1) is 13.5 Å². The smallest absolute Gasteiger partial charge is 0.328 e. The molecule has 0 aliphatic rings. The molecule has 1 N–H and O–H groups in total. The molecular weight excluding hydrogens is 238 g/mol. The highest BCUT2D eigenvalue weighted by atomic mass is 16.6. The molecule has 0 aromatic rings. The number of amides is 1. The number of hydrogen-bond acceptors (Lipinski definition) is 5. The molecule has 0 aromatic heterocycles. The van der Waals surface area contributed by atoms with E-state index in [1.165, 1.54) is 0 Å². The van der Waals surface area contributed by atoms with Gasteiger partial charge in [-0.2, -0.15) is 0 Å². The summed E-state index contributed by atoms with van der Waals surface area (Å²) in [5, 5.41) is 2.18. The van der Waals surface area contributed by atoms with Crippen molar-refractivity contribution in [3.05, 3.63) is 0 Å². The molecule has 6 heteroatoms. The molecule has 0 heterocycles. The van der Waals surface area contributed by atoms with Gasteiger partial charge in [0.1, 0.15) is 11.6 Å². The van der Waals surface area contributed by atoms with Crippen LogP contribution in [-0.4, -0.2) is 36.6 Å². The molecule has 100 valence electrons. The maximum Gasteiger partial charge on any atom is 0.328 e. The van der Waals surface area contributed by atoms with E-state index in [-0.39, 0.29) is 6.42 Å². The van der Waals surface area contributed by atoms with Crippen LogP contribution in [-0.2, 0) is 23.9 Å². The molecule has 0 spiro atoms. The predicted octanol–water partition coefficient (Wildman–Crippen LogP) is 0.00920. The number of carbonyl (C=O) groups excluding carboxylic acids is 3. The monoisotopic (exact) mass is 255 g/mol. The molecular formula is C12H17NO5. The van der Waals surface area contributed by atoms with Crippen LogP contribution in [0.25, 0.3) is 0 Å². The van der Waals surface area contributed by atoms with Crippen LogP contribution in [0.1, 0.15) is 27.2 Å². The molecule has 0 rings (SSSR count). The average Bonchev–Trinajstić information content (AvgIpc) is 2.24. The first-order valence-electron chi connectivity index (χ1n) is 5.26. The van der Waals surface area contributed by atoms with Crippen molar-refractivity contribution in [2.75, 3.05) is 7.11 Å². The van der Waals surface area contributed by atoms with Gasteiger partial charge < -0.3 is 14.8 Å². The van der Waals surface area contributed by atoms with Crippen LogP contribution in [0, 0.1) is 12.3 Å². The minimum Gasteiger partial charge on any atom is -0.467 e. The summed E-state index contributed by atoms with van der Waals surface area (Å²) in [7, 11) is 1.15. The van der Waals surface area contributed by atoms with E-state index in [1.54, 1.807) is 26.7 Å². The number of carbonyl (C=O) groups is 3. The number of esters is 2. The molecule has 0 unspecified atom stereocenters. The van der Waals surface area contributed by atoms with E-state index < -0.39 is 29.5 Å². The summed E-state index contributed by atoms with van der Waals surface area (Å²) in [6, 6.07) is -1.15. The fourth-order valence-corrected chi connectivity index (χ4v) is 1.09. The fourth-order valence-electron chi connectivity index (χ4n) is 1.09. The SMILES string of the molecule is C#CC(=O)N[C@@H](CC(=O)OC(C)(C)C)C(=O)OC. The first-order chi connectivity index (χ1) is 8.19.